The van der Waals surface area contributed by atoms with Crippen LogP contribution in [-0.2, 0) is 20.6 Å². The summed E-state index contributed by atoms with van der Waals surface area (Å²) in [6.07, 6.45) is 1.79. The van der Waals surface area contributed by atoms with Gasteiger partial charge in [0.05, 0.1) is 0 Å². The van der Waals surface area contributed by atoms with E-state index < -0.39 is 5.69 Å². The molecule has 0 fully saturated rings. The molecule has 0 radical (unpaired) electrons. The van der Waals surface area contributed by atoms with Gasteiger partial charge in [0.25, 0.3) is 5.56 Å². The summed E-state index contributed by atoms with van der Waals surface area (Å²) in [6, 6.07) is 0. The Labute approximate surface area is 126 Å². The third kappa shape index (κ3) is 2.61. The second kappa shape index (κ2) is 5.77. The molecule has 8 heteroatoms. The Balaban J connectivity index is 2.85. The Bertz CT molecular complexity index is 824. The molecular weight excluding hydrogens is 294 g/mol. The lowest BCUT2D eigenvalue weighted by atomic mass is 10.4. The van der Waals surface area contributed by atoms with E-state index in [2.05, 4.69) is 10.3 Å². The van der Waals surface area contributed by atoms with Crippen molar-refractivity contribution in [3.05, 3.63) is 31.9 Å². The van der Waals surface area contributed by atoms with Gasteiger partial charge in [0, 0.05) is 32.2 Å². The van der Waals surface area contributed by atoms with Crippen LogP contribution in [0.4, 0.5) is 5.95 Å². The number of imidazole rings is 1. The molecule has 0 spiro atoms. The molecule has 0 aromatic carbocycles. The summed E-state index contributed by atoms with van der Waals surface area (Å²) in [7, 11) is 3.05. The minimum Gasteiger partial charge on any atom is -0.356 e. The zero-order valence-electron chi connectivity index (χ0n) is 12.5. The zero-order chi connectivity index (χ0) is 15.7. The molecule has 0 saturated carbocycles. The topological polar surface area (TPSA) is 73.8 Å². The Morgan fingerprint density at radius 3 is 2.57 bits per heavy atom. The van der Waals surface area contributed by atoms with Gasteiger partial charge < -0.3 is 9.88 Å². The molecule has 2 rings (SSSR count). The van der Waals surface area contributed by atoms with Gasteiger partial charge >= 0.3 is 5.69 Å². The van der Waals surface area contributed by atoms with Crippen molar-refractivity contribution in [2.75, 3.05) is 11.9 Å². The van der Waals surface area contributed by atoms with Gasteiger partial charge in [-0.05, 0) is 13.8 Å². The van der Waals surface area contributed by atoms with Crippen LogP contribution in [0, 0.1) is 0 Å². The molecule has 0 aliphatic rings. The number of allylic oxidation sites excluding steroid dienone is 2. The third-order valence-corrected chi connectivity index (χ3v) is 3.39. The molecule has 21 heavy (non-hydrogen) atoms. The van der Waals surface area contributed by atoms with E-state index in [1.807, 2.05) is 6.92 Å². The predicted octanol–water partition coefficient (Wildman–Crippen LogP) is 1.01. The number of halogens is 1. The lowest BCUT2D eigenvalue weighted by Gasteiger charge is -2.07. The van der Waals surface area contributed by atoms with Gasteiger partial charge in [-0.15, -0.1) is 0 Å². The van der Waals surface area contributed by atoms with E-state index >= 15 is 0 Å². The van der Waals surface area contributed by atoms with Crippen LogP contribution < -0.4 is 16.6 Å². The molecular formula is C13H18ClN5O2. The predicted molar refractivity (Wildman–Crippen MR) is 84.0 cm³/mol. The minimum atomic E-state index is -0.399. The number of anilines is 1. The fraction of sp³-hybridized carbons (Fsp3) is 0.462. The van der Waals surface area contributed by atoms with Crippen molar-refractivity contribution in [3.63, 3.8) is 0 Å². The molecule has 2 aromatic rings. The maximum atomic E-state index is 12.4. The van der Waals surface area contributed by atoms with E-state index in [9.17, 15) is 9.59 Å². The van der Waals surface area contributed by atoms with Crippen molar-refractivity contribution < 1.29 is 0 Å². The standard InChI is InChI=1S/C13H18ClN5O2/c1-5-15-12-16-10-9(19(12)7-6-8(2)14)11(20)18(4)13(21)17(10)3/h6H,5,7H2,1-4H3,(H,15,16). The number of hydrogen-bond acceptors (Lipinski definition) is 4. The number of rotatable bonds is 4. The van der Waals surface area contributed by atoms with E-state index in [1.165, 1.54) is 11.6 Å². The normalized spacial score (nSPS) is 12.1. The third-order valence-electron chi connectivity index (χ3n) is 3.24. The van der Waals surface area contributed by atoms with Crippen LogP contribution in [0.1, 0.15) is 13.8 Å². The monoisotopic (exact) mass is 311 g/mol. The van der Waals surface area contributed by atoms with Gasteiger partial charge in [-0.1, -0.05) is 17.7 Å². The summed E-state index contributed by atoms with van der Waals surface area (Å²) in [4.78, 5) is 28.7. The molecule has 0 aliphatic heterocycles. The van der Waals surface area contributed by atoms with Crippen LogP contribution in [0.15, 0.2) is 20.7 Å². The van der Waals surface area contributed by atoms with Crippen LogP contribution in [-0.4, -0.2) is 25.2 Å². The first-order chi connectivity index (χ1) is 9.88. The van der Waals surface area contributed by atoms with Gasteiger partial charge in [-0.25, -0.2) is 4.79 Å². The maximum absolute atomic E-state index is 12.4. The van der Waals surface area contributed by atoms with Crippen molar-refractivity contribution in [2.45, 2.75) is 20.4 Å². The van der Waals surface area contributed by atoms with Crippen LogP contribution in [0.5, 0.6) is 0 Å². The first-order valence-corrected chi connectivity index (χ1v) is 6.98. The number of nitrogens with one attached hydrogen (secondary N) is 1. The number of nitrogens with zero attached hydrogens (tertiary/aromatic N) is 4. The van der Waals surface area contributed by atoms with E-state index in [0.717, 1.165) is 4.57 Å². The summed E-state index contributed by atoms with van der Waals surface area (Å²) in [5.74, 6) is 0.542. The van der Waals surface area contributed by atoms with Crippen molar-refractivity contribution in [2.24, 2.45) is 14.1 Å². The zero-order valence-corrected chi connectivity index (χ0v) is 13.2. The first-order valence-electron chi connectivity index (χ1n) is 6.60. The molecule has 0 atom stereocenters. The van der Waals surface area contributed by atoms with E-state index in [4.69, 9.17) is 11.6 Å². The van der Waals surface area contributed by atoms with Crippen molar-refractivity contribution in [1.29, 1.82) is 0 Å². The fourth-order valence-electron chi connectivity index (χ4n) is 2.13. The molecule has 0 amide bonds. The van der Waals surface area contributed by atoms with Crippen molar-refractivity contribution in [3.8, 4) is 0 Å². The van der Waals surface area contributed by atoms with Crippen LogP contribution in [0.25, 0.3) is 11.2 Å². The highest BCUT2D eigenvalue weighted by Gasteiger charge is 2.18. The van der Waals surface area contributed by atoms with Crippen molar-refractivity contribution >= 4 is 28.7 Å². The highest BCUT2D eigenvalue weighted by atomic mass is 35.5. The summed E-state index contributed by atoms with van der Waals surface area (Å²) in [5, 5.41) is 3.72. The van der Waals surface area contributed by atoms with Gasteiger partial charge in [0.1, 0.15) is 0 Å². The number of aryl methyl sites for hydroxylation is 1. The molecule has 2 heterocycles. The molecule has 0 bridgehead atoms. The number of fused-ring (bicyclic) bond motifs is 1. The Hall–Kier alpha value is -2.02. The molecule has 0 saturated heterocycles. The second-order valence-electron chi connectivity index (χ2n) is 4.75. The molecule has 0 unspecified atom stereocenters. The second-order valence-corrected chi connectivity index (χ2v) is 5.34. The van der Waals surface area contributed by atoms with Gasteiger partial charge in [0.2, 0.25) is 5.95 Å². The van der Waals surface area contributed by atoms with Gasteiger partial charge in [-0.3, -0.25) is 13.9 Å². The lowest BCUT2D eigenvalue weighted by Crippen LogP contribution is -2.37. The Kier molecular flexibility index (Phi) is 4.22. The molecule has 2 aromatic heterocycles. The Morgan fingerprint density at radius 2 is 2.00 bits per heavy atom. The minimum absolute atomic E-state index is 0.361. The molecule has 114 valence electrons. The van der Waals surface area contributed by atoms with E-state index in [-0.39, 0.29) is 5.56 Å². The lowest BCUT2D eigenvalue weighted by molar-refractivity contribution is 0.703. The van der Waals surface area contributed by atoms with Gasteiger partial charge in [0.15, 0.2) is 11.2 Å². The number of hydrogen-bond donors (Lipinski definition) is 1. The average molecular weight is 312 g/mol. The quantitative estimate of drug-likeness (QED) is 0.914. The maximum Gasteiger partial charge on any atom is 0.332 e. The summed E-state index contributed by atoms with van der Waals surface area (Å²) >= 11 is 5.87. The summed E-state index contributed by atoms with van der Waals surface area (Å²) in [5.41, 5.74) is -0.0287. The Morgan fingerprint density at radius 1 is 1.33 bits per heavy atom. The molecule has 7 nitrogen and oxygen atoms in total. The average Bonchev–Trinajstić information content (AvgIpc) is 2.79. The smallest absolute Gasteiger partial charge is 0.332 e. The van der Waals surface area contributed by atoms with E-state index in [0.29, 0.717) is 35.2 Å². The molecule has 1 N–H and O–H groups in total. The highest BCUT2D eigenvalue weighted by molar-refractivity contribution is 6.29. The van der Waals surface area contributed by atoms with Crippen LogP contribution in [0.3, 0.4) is 0 Å². The van der Waals surface area contributed by atoms with Crippen LogP contribution >= 0.6 is 11.6 Å². The van der Waals surface area contributed by atoms with Crippen LogP contribution in [0.2, 0.25) is 0 Å². The number of aromatic nitrogens is 4. The van der Waals surface area contributed by atoms with Gasteiger partial charge in [-0.2, -0.15) is 4.98 Å². The highest BCUT2D eigenvalue weighted by Crippen LogP contribution is 2.16. The summed E-state index contributed by atoms with van der Waals surface area (Å²) in [6.45, 7) is 4.76. The summed E-state index contributed by atoms with van der Waals surface area (Å²) < 4.78 is 4.17. The molecule has 0 aliphatic carbocycles. The fourth-order valence-corrected chi connectivity index (χ4v) is 2.20. The largest absolute Gasteiger partial charge is 0.356 e. The first kappa shape index (κ1) is 15.4. The van der Waals surface area contributed by atoms with E-state index in [1.54, 1.807) is 24.6 Å². The van der Waals surface area contributed by atoms with Crippen molar-refractivity contribution in [1.82, 2.24) is 18.7 Å². The SMILES string of the molecule is CCNc1nc2c(c(=O)n(C)c(=O)n2C)n1CC=C(C)Cl.